The SMILES string of the molecule is Cc1nnc(CN2[C@H]3C[C@H]4CCC3(CS2(=O)=O)C4(C)C)s1. The van der Waals surface area contributed by atoms with E-state index in [0.29, 0.717) is 18.2 Å². The van der Waals surface area contributed by atoms with Gasteiger partial charge in [0.05, 0.1) is 12.3 Å². The van der Waals surface area contributed by atoms with Gasteiger partial charge in [0, 0.05) is 11.5 Å². The summed E-state index contributed by atoms with van der Waals surface area (Å²) >= 11 is 1.50. The molecule has 0 amide bonds. The van der Waals surface area contributed by atoms with Crippen molar-refractivity contribution in [2.75, 3.05) is 5.75 Å². The topological polar surface area (TPSA) is 63.2 Å². The van der Waals surface area contributed by atoms with Gasteiger partial charge in [-0.1, -0.05) is 13.8 Å². The summed E-state index contributed by atoms with van der Waals surface area (Å²) < 4.78 is 27.2. The third kappa shape index (κ3) is 1.68. The Hall–Kier alpha value is -0.530. The van der Waals surface area contributed by atoms with Crippen LogP contribution >= 0.6 is 11.3 Å². The number of nitrogens with zero attached hydrogens (tertiary/aromatic N) is 3. The van der Waals surface area contributed by atoms with E-state index in [0.717, 1.165) is 22.9 Å². The van der Waals surface area contributed by atoms with Crippen LogP contribution in [0.3, 0.4) is 0 Å². The van der Waals surface area contributed by atoms with Gasteiger partial charge in [-0.05, 0) is 37.5 Å². The minimum Gasteiger partial charge on any atom is -0.212 e. The lowest BCUT2D eigenvalue weighted by molar-refractivity contribution is 0.112. The van der Waals surface area contributed by atoms with Crippen molar-refractivity contribution in [3.63, 3.8) is 0 Å². The Bertz CT molecular complexity index is 697. The van der Waals surface area contributed by atoms with Crippen molar-refractivity contribution in [1.29, 1.82) is 0 Å². The summed E-state index contributed by atoms with van der Waals surface area (Å²) in [5.41, 5.74) is 0.0900. The molecule has 2 aliphatic carbocycles. The standard InChI is InChI=1S/C14H21N3O2S2/c1-9-15-16-12(20-9)7-17-11-6-10-4-5-14(11,13(10,2)3)8-21(17,18)19/h10-11H,4-8H2,1-3H3/t10-,11+,14?/m1/s1. The maximum atomic E-state index is 12.7. The van der Waals surface area contributed by atoms with Gasteiger partial charge in [-0.3, -0.25) is 0 Å². The van der Waals surface area contributed by atoms with Crippen LogP contribution in [0.15, 0.2) is 0 Å². The van der Waals surface area contributed by atoms with Gasteiger partial charge in [0.2, 0.25) is 10.0 Å². The predicted octanol–water partition coefficient (Wildman–Crippen LogP) is 2.19. The zero-order valence-electron chi connectivity index (χ0n) is 12.7. The summed E-state index contributed by atoms with van der Waals surface area (Å²) in [6.07, 6.45) is 3.26. The van der Waals surface area contributed by atoms with Crippen molar-refractivity contribution < 1.29 is 8.42 Å². The van der Waals surface area contributed by atoms with E-state index >= 15 is 0 Å². The molecule has 21 heavy (non-hydrogen) atoms. The molecule has 7 heteroatoms. The van der Waals surface area contributed by atoms with Crippen LogP contribution in [0.1, 0.15) is 43.1 Å². The molecule has 0 radical (unpaired) electrons. The Morgan fingerprint density at radius 2 is 2.14 bits per heavy atom. The normalized spacial score (nSPS) is 39.8. The molecule has 2 heterocycles. The summed E-state index contributed by atoms with van der Waals surface area (Å²) in [5.74, 6) is 0.989. The first-order valence-electron chi connectivity index (χ1n) is 7.55. The number of aromatic nitrogens is 2. The van der Waals surface area contributed by atoms with Crippen LogP contribution in [0.5, 0.6) is 0 Å². The Morgan fingerprint density at radius 1 is 1.38 bits per heavy atom. The Labute approximate surface area is 129 Å². The minimum absolute atomic E-state index is 0.0454. The smallest absolute Gasteiger partial charge is 0.212 e. The third-order valence-corrected chi connectivity index (χ3v) is 9.19. The number of hydrogen-bond acceptors (Lipinski definition) is 5. The molecule has 1 aromatic rings. The molecule has 3 atom stereocenters. The molecule has 2 saturated carbocycles. The molecule has 1 spiro atoms. The second-order valence-corrected chi connectivity index (χ2v) is 10.6. The molecule has 1 aromatic heterocycles. The predicted molar refractivity (Wildman–Crippen MR) is 81.3 cm³/mol. The molecule has 1 saturated heterocycles. The highest BCUT2D eigenvalue weighted by Crippen LogP contribution is 2.70. The third-order valence-electron chi connectivity index (χ3n) is 6.39. The van der Waals surface area contributed by atoms with E-state index in [1.54, 1.807) is 4.31 Å². The first-order chi connectivity index (χ1) is 9.76. The molecular weight excluding hydrogens is 306 g/mol. The average molecular weight is 327 g/mol. The fourth-order valence-corrected chi connectivity index (χ4v) is 8.43. The molecule has 2 bridgehead atoms. The number of aryl methyl sites for hydroxylation is 1. The first-order valence-corrected chi connectivity index (χ1v) is 9.97. The summed E-state index contributed by atoms with van der Waals surface area (Å²) in [7, 11) is -3.18. The van der Waals surface area contributed by atoms with Crippen LogP contribution in [0.2, 0.25) is 0 Å². The van der Waals surface area contributed by atoms with E-state index in [1.165, 1.54) is 17.8 Å². The van der Waals surface area contributed by atoms with Crippen molar-refractivity contribution >= 4 is 21.4 Å². The van der Waals surface area contributed by atoms with Gasteiger partial charge < -0.3 is 0 Å². The fourth-order valence-electron chi connectivity index (χ4n) is 5.12. The Kier molecular flexibility index (Phi) is 2.72. The van der Waals surface area contributed by atoms with Gasteiger partial charge >= 0.3 is 0 Å². The van der Waals surface area contributed by atoms with Gasteiger partial charge in [-0.2, -0.15) is 4.31 Å². The monoisotopic (exact) mass is 327 g/mol. The first kappa shape index (κ1) is 14.1. The van der Waals surface area contributed by atoms with E-state index in [-0.39, 0.29) is 16.9 Å². The lowest BCUT2D eigenvalue weighted by atomic mass is 9.69. The lowest BCUT2D eigenvalue weighted by Gasteiger charge is -2.37. The molecule has 0 aromatic carbocycles. The number of rotatable bonds is 2. The number of hydrogen-bond donors (Lipinski definition) is 0. The molecule has 4 rings (SSSR count). The highest BCUT2D eigenvalue weighted by molar-refractivity contribution is 7.89. The van der Waals surface area contributed by atoms with Crippen LogP contribution in [0.25, 0.3) is 0 Å². The zero-order chi connectivity index (χ0) is 15.0. The van der Waals surface area contributed by atoms with E-state index in [4.69, 9.17) is 0 Å². The van der Waals surface area contributed by atoms with E-state index < -0.39 is 10.0 Å². The fraction of sp³-hybridized carbons (Fsp3) is 0.857. The molecule has 1 aliphatic heterocycles. The average Bonchev–Trinajstić information content (AvgIpc) is 3.01. The van der Waals surface area contributed by atoms with Gasteiger partial charge in [0.25, 0.3) is 0 Å². The lowest BCUT2D eigenvalue weighted by Crippen LogP contribution is -2.41. The van der Waals surface area contributed by atoms with E-state index in [9.17, 15) is 8.42 Å². The number of sulfonamides is 1. The highest BCUT2D eigenvalue weighted by Gasteiger charge is 2.71. The van der Waals surface area contributed by atoms with Crippen LogP contribution in [0, 0.1) is 23.7 Å². The highest BCUT2D eigenvalue weighted by atomic mass is 32.2. The van der Waals surface area contributed by atoms with Crippen molar-refractivity contribution in [3.8, 4) is 0 Å². The maximum absolute atomic E-state index is 12.7. The van der Waals surface area contributed by atoms with E-state index in [2.05, 4.69) is 24.0 Å². The van der Waals surface area contributed by atoms with Crippen molar-refractivity contribution in [3.05, 3.63) is 10.0 Å². The summed E-state index contributed by atoms with van der Waals surface area (Å²) in [5, 5.41) is 9.84. The molecular formula is C14H21N3O2S2. The zero-order valence-corrected chi connectivity index (χ0v) is 14.3. The molecule has 1 unspecified atom stereocenters. The Morgan fingerprint density at radius 3 is 2.76 bits per heavy atom. The van der Waals surface area contributed by atoms with Crippen molar-refractivity contribution in [1.82, 2.24) is 14.5 Å². The molecule has 3 aliphatic rings. The van der Waals surface area contributed by atoms with Gasteiger partial charge in [0.1, 0.15) is 10.0 Å². The molecule has 116 valence electrons. The molecule has 5 nitrogen and oxygen atoms in total. The van der Waals surface area contributed by atoms with Gasteiger partial charge in [-0.25, -0.2) is 8.42 Å². The minimum atomic E-state index is -3.18. The largest absolute Gasteiger partial charge is 0.215 e. The van der Waals surface area contributed by atoms with Crippen LogP contribution in [0.4, 0.5) is 0 Å². The van der Waals surface area contributed by atoms with Crippen LogP contribution in [-0.4, -0.2) is 34.7 Å². The summed E-state index contributed by atoms with van der Waals surface area (Å²) in [6.45, 7) is 6.86. The molecule has 0 N–H and O–H groups in total. The maximum Gasteiger partial charge on any atom is 0.215 e. The van der Waals surface area contributed by atoms with Crippen LogP contribution < -0.4 is 0 Å². The van der Waals surface area contributed by atoms with Gasteiger partial charge in [-0.15, -0.1) is 21.5 Å². The Balaban J connectivity index is 1.72. The summed E-state index contributed by atoms with van der Waals surface area (Å²) in [4.78, 5) is 0. The quantitative estimate of drug-likeness (QED) is 0.835. The van der Waals surface area contributed by atoms with Crippen molar-refractivity contribution in [2.45, 2.75) is 52.6 Å². The second-order valence-electron chi connectivity index (χ2n) is 7.38. The van der Waals surface area contributed by atoms with Crippen LogP contribution in [-0.2, 0) is 16.6 Å². The summed E-state index contributed by atoms with van der Waals surface area (Å²) in [6, 6.07) is 0.167. The number of fused-ring (bicyclic) bond motifs is 1. The van der Waals surface area contributed by atoms with Crippen molar-refractivity contribution in [2.24, 2.45) is 16.7 Å². The molecule has 3 fully saturated rings. The second kappa shape index (κ2) is 4.06. The van der Waals surface area contributed by atoms with E-state index in [1.807, 2.05) is 6.92 Å². The van der Waals surface area contributed by atoms with Gasteiger partial charge in [0.15, 0.2) is 0 Å².